The molecule has 1 aliphatic rings. The number of ether oxygens (including phenoxy) is 1. The van der Waals surface area contributed by atoms with E-state index < -0.39 is 15.1 Å². The molecule has 0 saturated carbocycles. The van der Waals surface area contributed by atoms with Crippen LogP contribution in [0.1, 0.15) is 29.7 Å². The Kier molecular flexibility index (Phi) is 6.16. The Morgan fingerprint density at radius 1 is 1.12 bits per heavy atom. The molecule has 9 nitrogen and oxygen atoms in total. The van der Waals surface area contributed by atoms with Crippen LogP contribution in [0, 0.1) is 20.8 Å². The zero-order valence-corrected chi connectivity index (χ0v) is 19.4. The van der Waals surface area contributed by atoms with E-state index in [2.05, 4.69) is 20.4 Å². The lowest BCUT2D eigenvalue weighted by Crippen LogP contribution is -2.29. The van der Waals surface area contributed by atoms with Crippen LogP contribution in [0.15, 0.2) is 39.9 Å². The van der Waals surface area contributed by atoms with Crippen molar-refractivity contribution in [3.8, 4) is 0 Å². The average Bonchev–Trinajstić information content (AvgIpc) is 3.12. The van der Waals surface area contributed by atoms with Gasteiger partial charge in [-0.05, 0) is 63.4 Å². The molecule has 1 saturated heterocycles. The lowest BCUT2D eigenvalue weighted by atomic mass is 10.2. The summed E-state index contributed by atoms with van der Waals surface area (Å²) < 4.78 is 37.0. The van der Waals surface area contributed by atoms with Gasteiger partial charge in [-0.25, -0.2) is 13.4 Å². The van der Waals surface area contributed by atoms with Gasteiger partial charge in [0.05, 0.1) is 15.8 Å². The molecule has 0 unspecified atom stereocenters. The van der Waals surface area contributed by atoms with E-state index in [4.69, 9.17) is 9.26 Å². The molecule has 1 aliphatic heterocycles. The number of nitrogens with zero attached hydrogens (tertiary/aromatic N) is 4. The molecule has 10 heteroatoms. The minimum atomic E-state index is -3.45. The smallest absolute Gasteiger partial charge is 0.235 e. The van der Waals surface area contributed by atoms with Crippen LogP contribution in [0.4, 0.5) is 23.3 Å². The zero-order chi connectivity index (χ0) is 22.9. The molecular formula is C22H27N5O4S. The van der Waals surface area contributed by atoms with Crippen LogP contribution in [0.2, 0.25) is 0 Å². The van der Waals surface area contributed by atoms with Crippen molar-refractivity contribution in [3.63, 3.8) is 0 Å². The van der Waals surface area contributed by atoms with E-state index in [1.807, 2.05) is 33.9 Å². The molecule has 1 fully saturated rings. The van der Waals surface area contributed by atoms with Crippen molar-refractivity contribution in [2.45, 2.75) is 43.8 Å². The van der Waals surface area contributed by atoms with E-state index in [1.54, 1.807) is 29.3 Å². The van der Waals surface area contributed by atoms with Crippen molar-refractivity contribution in [2.24, 2.45) is 0 Å². The van der Waals surface area contributed by atoms with E-state index in [9.17, 15) is 8.42 Å². The summed E-state index contributed by atoms with van der Waals surface area (Å²) >= 11 is 0. The summed E-state index contributed by atoms with van der Waals surface area (Å²) in [5, 5.41) is 6.71. The van der Waals surface area contributed by atoms with Crippen LogP contribution in [-0.4, -0.2) is 49.1 Å². The number of hydrogen-bond acceptors (Lipinski definition) is 9. The highest BCUT2D eigenvalue weighted by atomic mass is 32.2. The molecule has 0 aliphatic carbocycles. The Morgan fingerprint density at radius 2 is 1.88 bits per heavy atom. The van der Waals surface area contributed by atoms with E-state index >= 15 is 0 Å². The number of nitrogens with one attached hydrogen (secondary N) is 1. The summed E-state index contributed by atoms with van der Waals surface area (Å²) in [6.45, 7) is 6.63. The largest absolute Gasteiger partial charge is 0.381 e. The van der Waals surface area contributed by atoms with Gasteiger partial charge in [0, 0.05) is 37.7 Å². The van der Waals surface area contributed by atoms with Crippen molar-refractivity contribution >= 4 is 33.2 Å². The molecule has 4 rings (SSSR count). The first-order valence-corrected chi connectivity index (χ1v) is 12.0. The molecular weight excluding hydrogens is 430 g/mol. The second-order valence-electron chi connectivity index (χ2n) is 8.01. The first kappa shape index (κ1) is 22.2. The molecule has 1 aromatic carbocycles. The van der Waals surface area contributed by atoms with Gasteiger partial charge in [0.25, 0.3) is 0 Å². The standard InChI is InChI=1S/C22H27N5O4S/c1-14-11-17(13-19(12-14)32(28,29)18-6-9-30-10-7-18)24-22-23-8-5-20(25-22)27(4)21-15(2)16(3)26-31-21/h5,8,11-13,18H,6-7,9-10H2,1-4H3,(H,23,24,25). The SMILES string of the molecule is Cc1cc(Nc2nccc(N(C)c3onc(C)c3C)n2)cc(S(=O)(=O)C2CCOCC2)c1. The zero-order valence-electron chi connectivity index (χ0n) is 18.6. The fraction of sp³-hybridized carbons (Fsp3) is 0.409. The van der Waals surface area contributed by atoms with Gasteiger partial charge >= 0.3 is 0 Å². The van der Waals surface area contributed by atoms with Crippen molar-refractivity contribution in [2.75, 3.05) is 30.5 Å². The topological polar surface area (TPSA) is 110 Å². The van der Waals surface area contributed by atoms with Crippen molar-refractivity contribution < 1.29 is 17.7 Å². The summed E-state index contributed by atoms with van der Waals surface area (Å²) in [5.74, 6) is 1.57. The summed E-state index contributed by atoms with van der Waals surface area (Å²) in [6, 6.07) is 6.98. The molecule has 0 amide bonds. The summed E-state index contributed by atoms with van der Waals surface area (Å²) in [4.78, 5) is 10.9. The van der Waals surface area contributed by atoms with Crippen LogP contribution in [0.3, 0.4) is 0 Å². The maximum absolute atomic E-state index is 13.1. The van der Waals surface area contributed by atoms with Gasteiger partial charge in [0.2, 0.25) is 11.8 Å². The molecule has 0 atom stereocenters. The van der Waals surface area contributed by atoms with Crippen LogP contribution in [0.5, 0.6) is 0 Å². The normalized spacial score (nSPS) is 15.0. The van der Waals surface area contributed by atoms with E-state index in [0.29, 0.717) is 54.3 Å². The van der Waals surface area contributed by atoms with Gasteiger partial charge in [-0.2, -0.15) is 4.98 Å². The predicted octanol–water partition coefficient (Wildman–Crippen LogP) is 3.85. The number of hydrogen-bond donors (Lipinski definition) is 1. The molecule has 170 valence electrons. The van der Waals surface area contributed by atoms with E-state index in [0.717, 1.165) is 16.8 Å². The fourth-order valence-corrected chi connectivity index (χ4v) is 5.55. The van der Waals surface area contributed by atoms with Gasteiger partial charge in [-0.3, -0.25) is 4.90 Å². The quantitative estimate of drug-likeness (QED) is 0.590. The minimum Gasteiger partial charge on any atom is -0.381 e. The predicted molar refractivity (Wildman–Crippen MR) is 122 cm³/mol. The van der Waals surface area contributed by atoms with Crippen LogP contribution in [0.25, 0.3) is 0 Å². The second-order valence-corrected chi connectivity index (χ2v) is 10.2. The van der Waals surface area contributed by atoms with Gasteiger partial charge in [-0.1, -0.05) is 5.16 Å². The Morgan fingerprint density at radius 3 is 2.56 bits per heavy atom. The third-order valence-electron chi connectivity index (χ3n) is 5.66. The highest BCUT2D eigenvalue weighted by Gasteiger charge is 2.29. The molecule has 0 bridgehead atoms. The van der Waals surface area contributed by atoms with E-state index in [-0.39, 0.29) is 0 Å². The number of rotatable bonds is 6. The molecule has 2 aromatic heterocycles. The molecule has 32 heavy (non-hydrogen) atoms. The summed E-state index contributed by atoms with van der Waals surface area (Å²) in [5.41, 5.74) is 3.20. The lowest BCUT2D eigenvalue weighted by molar-refractivity contribution is 0.0983. The fourth-order valence-electron chi connectivity index (χ4n) is 3.71. The summed E-state index contributed by atoms with van der Waals surface area (Å²) in [6.07, 6.45) is 2.66. The molecule has 3 aromatic rings. The lowest BCUT2D eigenvalue weighted by Gasteiger charge is -2.22. The third kappa shape index (κ3) is 4.46. The molecule has 0 radical (unpaired) electrons. The van der Waals surface area contributed by atoms with Gasteiger partial charge < -0.3 is 14.6 Å². The highest BCUT2D eigenvalue weighted by Crippen LogP contribution is 2.30. The Hall–Kier alpha value is -2.98. The molecule has 1 N–H and O–H groups in total. The van der Waals surface area contributed by atoms with Gasteiger partial charge in [-0.15, -0.1) is 0 Å². The van der Waals surface area contributed by atoms with Gasteiger partial charge in [0.1, 0.15) is 5.82 Å². The number of aryl methyl sites for hydroxylation is 2. The Labute approximate surface area is 187 Å². The third-order valence-corrected chi connectivity index (χ3v) is 7.91. The molecule has 0 spiro atoms. The van der Waals surface area contributed by atoms with Crippen LogP contribution < -0.4 is 10.2 Å². The number of benzene rings is 1. The summed E-state index contributed by atoms with van der Waals surface area (Å²) in [7, 11) is -1.61. The number of anilines is 4. The average molecular weight is 458 g/mol. The second kappa shape index (κ2) is 8.87. The monoisotopic (exact) mass is 457 g/mol. The first-order valence-electron chi connectivity index (χ1n) is 10.5. The van der Waals surface area contributed by atoms with Crippen molar-refractivity contribution in [1.82, 2.24) is 15.1 Å². The maximum atomic E-state index is 13.1. The van der Waals surface area contributed by atoms with Gasteiger partial charge in [0.15, 0.2) is 9.84 Å². The minimum absolute atomic E-state index is 0.299. The van der Waals surface area contributed by atoms with Crippen molar-refractivity contribution in [3.05, 3.63) is 47.3 Å². The number of aromatic nitrogens is 3. The number of sulfone groups is 1. The maximum Gasteiger partial charge on any atom is 0.235 e. The highest BCUT2D eigenvalue weighted by molar-refractivity contribution is 7.92. The van der Waals surface area contributed by atoms with Crippen LogP contribution >= 0.6 is 0 Å². The molecule has 3 heterocycles. The Balaban J connectivity index is 1.60. The first-order chi connectivity index (χ1) is 15.3. The van der Waals surface area contributed by atoms with E-state index in [1.165, 1.54) is 0 Å². The van der Waals surface area contributed by atoms with Crippen molar-refractivity contribution in [1.29, 1.82) is 0 Å². The van der Waals surface area contributed by atoms with Crippen LogP contribution in [-0.2, 0) is 14.6 Å². The Bertz CT molecular complexity index is 1220.